The topological polar surface area (TPSA) is 154 Å². The van der Waals surface area contributed by atoms with E-state index in [1.165, 1.54) is 42.4 Å². The van der Waals surface area contributed by atoms with Gasteiger partial charge < -0.3 is 0 Å². The zero-order valence-corrected chi connectivity index (χ0v) is 22.3. The molecule has 14 heteroatoms. The molecular formula is C24H33N7O7. The van der Waals surface area contributed by atoms with Crippen LogP contribution in [0.4, 0.5) is 0 Å². The molecule has 38 heavy (non-hydrogen) atoms. The first-order chi connectivity index (χ1) is 17.9. The summed E-state index contributed by atoms with van der Waals surface area (Å²) in [6.07, 6.45) is 1.69. The van der Waals surface area contributed by atoms with Crippen LogP contribution in [0, 0.1) is 13.8 Å². The van der Waals surface area contributed by atoms with Crippen LogP contribution in [0.3, 0.4) is 0 Å². The summed E-state index contributed by atoms with van der Waals surface area (Å²) in [6.45, 7) is 4.04. The van der Waals surface area contributed by atoms with Gasteiger partial charge in [-0.1, -0.05) is 0 Å². The van der Waals surface area contributed by atoms with Gasteiger partial charge in [0.25, 0.3) is 11.1 Å². The monoisotopic (exact) mass is 531 g/mol. The van der Waals surface area contributed by atoms with Crippen LogP contribution in [0.1, 0.15) is 37.1 Å². The Bertz CT molecular complexity index is 1650. The molecule has 0 amide bonds. The molecule has 0 aliphatic carbocycles. The Morgan fingerprint density at radius 3 is 1.08 bits per heavy atom. The van der Waals surface area contributed by atoms with Gasteiger partial charge in [0.05, 0.1) is 0 Å². The molecule has 0 saturated carbocycles. The lowest BCUT2D eigenvalue weighted by Gasteiger charge is -2.14. The summed E-state index contributed by atoms with van der Waals surface area (Å²) in [5, 5.41) is 0. The fourth-order valence-electron chi connectivity index (χ4n) is 4.32. The molecule has 3 rings (SSSR count). The molecule has 0 radical (unpaired) electrons. The maximum Gasteiger partial charge on any atom is 0.336 e. The third-order valence-electron chi connectivity index (χ3n) is 6.74. The van der Waals surface area contributed by atoms with Crippen LogP contribution < -0.4 is 39.6 Å². The Morgan fingerprint density at radius 2 is 0.737 bits per heavy atom. The third kappa shape index (κ3) is 5.53. The van der Waals surface area contributed by atoms with Crippen molar-refractivity contribution in [2.45, 2.75) is 65.7 Å². The summed E-state index contributed by atoms with van der Waals surface area (Å²) in [7, 11) is 4.10. The zero-order chi connectivity index (χ0) is 28.3. The Balaban J connectivity index is 1.71. The Hall–Kier alpha value is -4.23. The average molecular weight is 532 g/mol. The molecule has 3 heterocycles. The third-order valence-corrected chi connectivity index (χ3v) is 6.74. The summed E-state index contributed by atoms with van der Waals surface area (Å²) in [4.78, 5) is 86.4. The van der Waals surface area contributed by atoms with Gasteiger partial charge in [-0.3, -0.25) is 27.9 Å². The summed E-state index contributed by atoms with van der Waals surface area (Å²) in [6, 6.07) is 2.74. The smallest absolute Gasteiger partial charge is 0.298 e. The molecule has 0 unspecified atom stereocenters. The van der Waals surface area contributed by atoms with Crippen LogP contribution in [0.25, 0.3) is 0 Å². The van der Waals surface area contributed by atoms with E-state index in [1.54, 1.807) is 13.8 Å². The minimum Gasteiger partial charge on any atom is -0.298 e. The molecule has 14 nitrogen and oxygen atoms in total. The largest absolute Gasteiger partial charge is 0.336 e. The first kappa shape index (κ1) is 28.3. The Morgan fingerprint density at radius 1 is 0.447 bits per heavy atom. The molecule has 0 spiro atoms. The van der Waals surface area contributed by atoms with Gasteiger partial charge in [0.2, 0.25) is 0 Å². The van der Waals surface area contributed by atoms with E-state index in [0.717, 1.165) is 22.8 Å². The molecule has 206 valence electrons. The van der Waals surface area contributed by atoms with Crippen molar-refractivity contribution in [1.29, 1.82) is 0 Å². The van der Waals surface area contributed by atoms with Crippen molar-refractivity contribution in [3.63, 3.8) is 0 Å². The van der Waals surface area contributed by atoms with E-state index in [4.69, 9.17) is 0 Å². The fraction of sp³-hybridized carbons (Fsp3) is 0.542. The van der Waals surface area contributed by atoms with E-state index in [0.29, 0.717) is 50.2 Å². The summed E-state index contributed by atoms with van der Waals surface area (Å²) < 4.78 is 7.82. The highest BCUT2D eigenvalue weighted by molar-refractivity contribution is 5.00. The SMILES string of the molecule is Cc1cc(=O)n(C)c(=O)n1CCCCn1c(=O)n(C)c(=O)n(CCCCn2c(C)cc(=O)n(C)c2=O)c1=O. The molecule has 3 aromatic heterocycles. The van der Waals surface area contributed by atoms with Crippen LogP contribution in [-0.4, -0.2) is 32.0 Å². The second-order valence-corrected chi connectivity index (χ2v) is 9.36. The quantitative estimate of drug-likeness (QED) is 0.274. The normalized spacial score (nSPS) is 11.3. The van der Waals surface area contributed by atoms with Crippen LogP contribution >= 0.6 is 0 Å². The predicted octanol–water partition coefficient (Wildman–Crippen LogP) is -1.99. The van der Waals surface area contributed by atoms with Crippen molar-refractivity contribution >= 4 is 0 Å². The highest BCUT2D eigenvalue weighted by atomic mass is 16.2. The minimum atomic E-state index is -0.723. The molecule has 0 aromatic carbocycles. The highest BCUT2D eigenvalue weighted by Crippen LogP contribution is 1.99. The summed E-state index contributed by atoms with van der Waals surface area (Å²) in [5.41, 5.74) is -2.78. The number of nitrogens with zero attached hydrogens (tertiary/aromatic N) is 7. The number of rotatable bonds is 10. The molecule has 3 aromatic rings. The summed E-state index contributed by atoms with van der Waals surface area (Å²) in [5.74, 6) is 0. The van der Waals surface area contributed by atoms with Crippen molar-refractivity contribution in [2.24, 2.45) is 21.1 Å². The van der Waals surface area contributed by atoms with Gasteiger partial charge in [0.15, 0.2) is 0 Å². The molecule has 0 aliphatic rings. The average Bonchev–Trinajstić information content (AvgIpc) is 2.87. The number of aromatic nitrogens is 7. The van der Waals surface area contributed by atoms with Gasteiger partial charge in [0.1, 0.15) is 0 Å². The van der Waals surface area contributed by atoms with Gasteiger partial charge >= 0.3 is 28.4 Å². The predicted molar refractivity (Wildman–Crippen MR) is 140 cm³/mol. The minimum absolute atomic E-state index is 0.0536. The van der Waals surface area contributed by atoms with E-state index in [-0.39, 0.29) is 13.1 Å². The van der Waals surface area contributed by atoms with Gasteiger partial charge in [-0.15, -0.1) is 0 Å². The highest BCUT2D eigenvalue weighted by Gasteiger charge is 2.14. The molecule has 0 aliphatic heterocycles. The zero-order valence-electron chi connectivity index (χ0n) is 22.3. The summed E-state index contributed by atoms with van der Waals surface area (Å²) >= 11 is 0. The second kappa shape index (κ2) is 11.4. The van der Waals surface area contributed by atoms with E-state index >= 15 is 0 Å². The lowest BCUT2D eigenvalue weighted by molar-refractivity contribution is 0.429. The molecule has 0 N–H and O–H groups in total. The van der Waals surface area contributed by atoms with E-state index in [9.17, 15) is 33.6 Å². The lowest BCUT2D eigenvalue weighted by Crippen LogP contribution is -2.53. The first-order valence-electron chi connectivity index (χ1n) is 12.3. The second-order valence-electron chi connectivity index (χ2n) is 9.36. The van der Waals surface area contributed by atoms with Crippen LogP contribution in [0.2, 0.25) is 0 Å². The van der Waals surface area contributed by atoms with Crippen LogP contribution in [0.5, 0.6) is 0 Å². The van der Waals surface area contributed by atoms with Crippen molar-refractivity contribution < 1.29 is 0 Å². The van der Waals surface area contributed by atoms with Gasteiger partial charge in [-0.25, -0.2) is 37.7 Å². The lowest BCUT2D eigenvalue weighted by atomic mass is 10.3. The van der Waals surface area contributed by atoms with Gasteiger partial charge in [-0.2, -0.15) is 0 Å². The molecule has 0 atom stereocenters. The van der Waals surface area contributed by atoms with Crippen LogP contribution in [-0.2, 0) is 47.3 Å². The standard InChI is InChI=1S/C24H33N7O7/c1-16-14-18(32)25(3)20(34)28(16)10-6-8-12-30-22(36)27(5)23(37)31(24(30)38)13-9-7-11-29-17(2)15-19(33)26(4)21(29)35/h14-15H,6-13H2,1-5H3. The first-order valence-corrected chi connectivity index (χ1v) is 12.3. The molecular weight excluding hydrogens is 498 g/mol. The molecule has 0 fully saturated rings. The Kier molecular flexibility index (Phi) is 8.53. The maximum absolute atomic E-state index is 13.0. The maximum atomic E-state index is 13.0. The fourth-order valence-corrected chi connectivity index (χ4v) is 4.32. The molecule has 0 saturated heterocycles. The number of aryl methyl sites for hydroxylation is 2. The van der Waals surface area contributed by atoms with E-state index in [1.807, 2.05) is 0 Å². The number of hydrogen-bond acceptors (Lipinski definition) is 7. The van der Waals surface area contributed by atoms with Gasteiger partial charge in [-0.05, 0) is 39.5 Å². The van der Waals surface area contributed by atoms with Gasteiger partial charge in [0, 0.05) is 70.8 Å². The van der Waals surface area contributed by atoms with Crippen molar-refractivity contribution in [3.05, 3.63) is 96.6 Å². The van der Waals surface area contributed by atoms with E-state index in [2.05, 4.69) is 0 Å². The van der Waals surface area contributed by atoms with Crippen molar-refractivity contribution in [1.82, 2.24) is 32.0 Å². The number of hydrogen-bond donors (Lipinski definition) is 0. The molecule has 0 bridgehead atoms. The Labute approximate surface area is 215 Å². The number of unbranched alkanes of at least 4 members (excludes halogenated alkanes) is 2. The van der Waals surface area contributed by atoms with Crippen LogP contribution in [0.15, 0.2) is 45.7 Å². The van der Waals surface area contributed by atoms with E-state index < -0.39 is 39.6 Å². The van der Waals surface area contributed by atoms with Crippen molar-refractivity contribution in [2.75, 3.05) is 0 Å². The van der Waals surface area contributed by atoms with Crippen molar-refractivity contribution in [3.8, 4) is 0 Å².